The second-order valence-corrected chi connectivity index (χ2v) is 5.75. The number of carboxylic acids is 1. The Labute approximate surface area is 139 Å². The second kappa shape index (κ2) is 6.23. The van der Waals surface area contributed by atoms with Gasteiger partial charge < -0.3 is 5.11 Å². The zero-order valence-electron chi connectivity index (χ0n) is 11.7. The van der Waals surface area contributed by atoms with Crippen LogP contribution >= 0.6 is 22.9 Å². The van der Waals surface area contributed by atoms with Crippen LogP contribution in [0.2, 0.25) is 5.15 Å². The molecule has 0 atom stereocenters. The van der Waals surface area contributed by atoms with E-state index in [1.165, 1.54) is 6.33 Å². The fourth-order valence-electron chi connectivity index (χ4n) is 1.78. The summed E-state index contributed by atoms with van der Waals surface area (Å²) < 4.78 is 0. The van der Waals surface area contributed by atoms with Gasteiger partial charge in [-0.2, -0.15) is 4.98 Å². The van der Waals surface area contributed by atoms with Crippen molar-refractivity contribution in [2.45, 2.75) is 6.92 Å². The summed E-state index contributed by atoms with van der Waals surface area (Å²) in [6.45, 7) is 1.63. The van der Waals surface area contributed by atoms with Crippen LogP contribution in [-0.2, 0) is 0 Å². The van der Waals surface area contributed by atoms with E-state index < -0.39 is 5.97 Å². The Hall–Kier alpha value is -2.65. The molecule has 23 heavy (non-hydrogen) atoms. The fraction of sp³-hybridized carbons (Fsp3) is 0.0769. The van der Waals surface area contributed by atoms with Crippen LogP contribution in [0.3, 0.4) is 0 Å². The summed E-state index contributed by atoms with van der Waals surface area (Å²) in [5.41, 5.74) is 1.12. The van der Waals surface area contributed by atoms with Crippen LogP contribution in [0, 0.1) is 6.92 Å². The van der Waals surface area contributed by atoms with Gasteiger partial charge in [0.1, 0.15) is 16.4 Å². The molecule has 0 aliphatic heterocycles. The number of hydrogen-bond acceptors (Lipinski definition) is 8. The number of pyridine rings is 1. The van der Waals surface area contributed by atoms with Gasteiger partial charge in [-0.1, -0.05) is 22.9 Å². The van der Waals surface area contributed by atoms with Gasteiger partial charge in [-0.3, -0.25) is 5.32 Å². The Kier molecular flexibility index (Phi) is 4.13. The monoisotopic (exact) mass is 348 g/mol. The van der Waals surface area contributed by atoms with E-state index in [0.29, 0.717) is 27.4 Å². The number of carbonyl (C=O) groups is 1. The number of nitrogens with zero attached hydrogens (tertiary/aromatic N) is 5. The highest BCUT2D eigenvalue weighted by Crippen LogP contribution is 2.25. The van der Waals surface area contributed by atoms with Gasteiger partial charge in [-0.15, -0.1) is 0 Å². The van der Waals surface area contributed by atoms with Crippen LogP contribution < -0.4 is 5.32 Å². The highest BCUT2D eigenvalue weighted by Gasteiger charge is 2.15. The SMILES string of the molecule is Cc1nc(Nc2ncnc(-c3ccnc(Cl)c3)n2)sc1C(=O)O. The zero-order valence-corrected chi connectivity index (χ0v) is 13.3. The first-order valence-corrected chi connectivity index (χ1v) is 7.51. The molecule has 0 aliphatic rings. The van der Waals surface area contributed by atoms with Gasteiger partial charge in [0.05, 0.1) is 5.69 Å². The summed E-state index contributed by atoms with van der Waals surface area (Å²) in [5, 5.41) is 12.7. The van der Waals surface area contributed by atoms with Crippen molar-refractivity contribution in [1.29, 1.82) is 0 Å². The van der Waals surface area contributed by atoms with Crippen molar-refractivity contribution in [2.75, 3.05) is 5.32 Å². The maximum atomic E-state index is 11.0. The molecule has 0 radical (unpaired) electrons. The smallest absolute Gasteiger partial charge is 0.347 e. The van der Waals surface area contributed by atoms with Crippen molar-refractivity contribution in [3.63, 3.8) is 0 Å². The average molecular weight is 349 g/mol. The molecule has 0 saturated carbocycles. The van der Waals surface area contributed by atoms with Crippen LogP contribution in [0.15, 0.2) is 24.7 Å². The van der Waals surface area contributed by atoms with E-state index >= 15 is 0 Å². The van der Waals surface area contributed by atoms with Gasteiger partial charge in [0.25, 0.3) is 0 Å². The Morgan fingerprint density at radius 1 is 1.30 bits per heavy atom. The third-order valence-corrected chi connectivity index (χ3v) is 4.03. The van der Waals surface area contributed by atoms with E-state index in [1.807, 2.05) is 0 Å². The van der Waals surface area contributed by atoms with E-state index in [0.717, 1.165) is 11.3 Å². The molecule has 0 saturated heterocycles. The van der Waals surface area contributed by atoms with Crippen molar-refractivity contribution in [3.05, 3.63) is 40.4 Å². The number of aromatic nitrogens is 5. The topological polar surface area (TPSA) is 114 Å². The quantitative estimate of drug-likeness (QED) is 0.692. The molecule has 0 unspecified atom stereocenters. The highest BCUT2D eigenvalue weighted by molar-refractivity contribution is 7.17. The maximum Gasteiger partial charge on any atom is 0.347 e. The molecule has 3 aromatic rings. The largest absolute Gasteiger partial charge is 0.477 e. The average Bonchev–Trinajstić information content (AvgIpc) is 2.88. The van der Waals surface area contributed by atoms with Crippen LogP contribution in [-0.4, -0.2) is 36.0 Å². The molecular weight excluding hydrogens is 340 g/mol. The van der Waals surface area contributed by atoms with Gasteiger partial charge in [-0.05, 0) is 19.1 Å². The first kappa shape index (κ1) is 15.3. The molecule has 0 spiro atoms. The third-order valence-electron chi connectivity index (χ3n) is 2.77. The van der Waals surface area contributed by atoms with E-state index in [1.54, 1.807) is 25.3 Å². The number of rotatable bonds is 4. The summed E-state index contributed by atoms with van der Waals surface area (Å²) in [6.07, 6.45) is 2.90. The Balaban J connectivity index is 1.88. The highest BCUT2D eigenvalue weighted by atomic mass is 35.5. The Morgan fingerprint density at radius 3 is 2.83 bits per heavy atom. The lowest BCUT2D eigenvalue weighted by Crippen LogP contribution is -1.99. The molecule has 2 N–H and O–H groups in total. The lowest BCUT2D eigenvalue weighted by atomic mass is 10.2. The van der Waals surface area contributed by atoms with E-state index in [9.17, 15) is 4.79 Å². The van der Waals surface area contributed by atoms with Crippen LogP contribution in [0.5, 0.6) is 0 Å². The molecule has 116 valence electrons. The number of carboxylic acid groups (broad SMARTS) is 1. The molecule has 3 aromatic heterocycles. The third kappa shape index (κ3) is 3.41. The Morgan fingerprint density at radius 2 is 2.13 bits per heavy atom. The Bertz CT molecular complexity index is 884. The van der Waals surface area contributed by atoms with E-state index in [-0.39, 0.29) is 10.8 Å². The minimum Gasteiger partial charge on any atom is -0.477 e. The minimum atomic E-state index is -1.02. The summed E-state index contributed by atoms with van der Waals surface area (Å²) in [6, 6.07) is 3.36. The first-order valence-electron chi connectivity index (χ1n) is 6.31. The standard InChI is InChI=1S/C13H9ClN6O2S/c1-6-9(11(21)22)23-13(18-6)20-12-17-5-16-10(19-12)7-2-3-15-8(14)4-7/h2-5H,1H3,(H,21,22)(H,16,17,18,19,20). The van der Waals surface area contributed by atoms with Gasteiger partial charge in [0.15, 0.2) is 11.0 Å². The zero-order chi connectivity index (χ0) is 16.4. The minimum absolute atomic E-state index is 0.169. The summed E-state index contributed by atoms with van der Waals surface area (Å²) in [5.74, 6) is -0.344. The second-order valence-electron chi connectivity index (χ2n) is 4.36. The summed E-state index contributed by atoms with van der Waals surface area (Å²) >= 11 is 6.87. The fourth-order valence-corrected chi connectivity index (χ4v) is 2.75. The number of hydrogen-bond donors (Lipinski definition) is 2. The van der Waals surface area contributed by atoms with Gasteiger partial charge in [-0.25, -0.2) is 24.7 Å². The number of halogens is 1. The van der Waals surface area contributed by atoms with Gasteiger partial charge in [0, 0.05) is 11.8 Å². The molecule has 3 heterocycles. The van der Waals surface area contributed by atoms with Crippen molar-refractivity contribution >= 4 is 40.0 Å². The number of thiazole rings is 1. The van der Waals surface area contributed by atoms with E-state index in [2.05, 4.69) is 30.2 Å². The van der Waals surface area contributed by atoms with E-state index in [4.69, 9.17) is 16.7 Å². The first-order chi connectivity index (χ1) is 11.0. The van der Waals surface area contributed by atoms with Crippen molar-refractivity contribution in [2.24, 2.45) is 0 Å². The van der Waals surface area contributed by atoms with Gasteiger partial charge >= 0.3 is 5.97 Å². The van der Waals surface area contributed by atoms with Gasteiger partial charge in [0.2, 0.25) is 5.95 Å². The van der Waals surface area contributed by atoms with Crippen LogP contribution in [0.25, 0.3) is 11.4 Å². The predicted molar refractivity (Wildman–Crippen MR) is 85.2 cm³/mol. The normalized spacial score (nSPS) is 10.5. The molecular formula is C13H9ClN6O2S. The summed E-state index contributed by atoms with van der Waals surface area (Å²) in [7, 11) is 0. The molecule has 0 aromatic carbocycles. The molecule has 0 bridgehead atoms. The molecule has 3 rings (SSSR count). The van der Waals surface area contributed by atoms with Crippen molar-refractivity contribution < 1.29 is 9.90 Å². The molecule has 0 fully saturated rings. The number of nitrogens with one attached hydrogen (secondary N) is 1. The van der Waals surface area contributed by atoms with Crippen LogP contribution in [0.4, 0.5) is 11.1 Å². The van der Waals surface area contributed by atoms with Crippen molar-refractivity contribution in [1.82, 2.24) is 24.9 Å². The lowest BCUT2D eigenvalue weighted by molar-refractivity contribution is 0.0701. The number of anilines is 2. The molecule has 10 heteroatoms. The predicted octanol–water partition coefficient (Wildman–Crippen LogP) is 2.79. The maximum absolute atomic E-state index is 11.0. The number of aryl methyl sites for hydroxylation is 1. The van der Waals surface area contributed by atoms with Crippen molar-refractivity contribution in [3.8, 4) is 11.4 Å². The lowest BCUT2D eigenvalue weighted by Gasteiger charge is -2.03. The molecule has 8 nitrogen and oxygen atoms in total. The molecule has 0 amide bonds. The molecule has 0 aliphatic carbocycles. The number of aromatic carboxylic acids is 1. The van der Waals surface area contributed by atoms with Crippen LogP contribution in [0.1, 0.15) is 15.4 Å². The summed E-state index contributed by atoms with van der Waals surface area (Å²) in [4.78, 5) is 31.6.